The van der Waals surface area contributed by atoms with Gasteiger partial charge in [-0.15, -0.1) is 0 Å². The van der Waals surface area contributed by atoms with Gasteiger partial charge in [0.05, 0.1) is 25.5 Å². The van der Waals surface area contributed by atoms with Gasteiger partial charge in [0.2, 0.25) is 17.7 Å². The monoisotopic (exact) mass is 682 g/mol. The average molecular weight is 683 g/mol. The molecule has 5 aliphatic heterocycles. The van der Waals surface area contributed by atoms with E-state index in [0.29, 0.717) is 63.7 Å². The van der Waals surface area contributed by atoms with E-state index in [1.54, 1.807) is 25.0 Å². The number of rotatable bonds is 8. The van der Waals surface area contributed by atoms with E-state index >= 15 is 0 Å². The largest absolute Gasteiger partial charge is 0.489 e. The molecule has 13 heteroatoms. The van der Waals surface area contributed by atoms with Crippen LogP contribution in [0, 0.1) is 5.92 Å². The summed E-state index contributed by atoms with van der Waals surface area (Å²) in [6.45, 7) is 8.04. The summed E-state index contributed by atoms with van der Waals surface area (Å²) in [5, 5.41) is 4.55. The number of imide groups is 1. The molecule has 0 saturated carbocycles. The molecule has 50 heavy (non-hydrogen) atoms. The number of ether oxygens (including phenoxy) is 3. The molecule has 4 fully saturated rings. The predicted molar refractivity (Wildman–Crippen MR) is 182 cm³/mol. The van der Waals surface area contributed by atoms with Gasteiger partial charge in [-0.3, -0.25) is 34.4 Å². The molecule has 5 aliphatic rings. The molecule has 0 unspecified atom stereocenters. The first kappa shape index (κ1) is 32.6. The SMILES string of the molecule is COC[C@@H]1CN(Cc2cc3ccc(N4CCN(C(C)=O)C5(COC5)C4)cc3cn2)C[C@H]1Oc1ccc2c(c1)CN([C@H]1CCC(=O)NC1=O)C2=O. The predicted octanol–water partition coefficient (Wildman–Crippen LogP) is 1.96. The molecule has 2 aromatic carbocycles. The molecule has 1 spiro atoms. The van der Waals surface area contributed by atoms with Gasteiger partial charge in [-0.05, 0) is 53.8 Å². The molecule has 262 valence electrons. The Kier molecular flexibility index (Phi) is 8.44. The first-order chi connectivity index (χ1) is 24.2. The molecule has 3 atom stereocenters. The number of methoxy groups -OCH3 is 1. The van der Waals surface area contributed by atoms with Gasteiger partial charge in [0.1, 0.15) is 23.4 Å². The van der Waals surface area contributed by atoms with Crippen molar-refractivity contribution in [1.29, 1.82) is 0 Å². The van der Waals surface area contributed by atoms with Gasteiger partial charge >= 0.3 is 0 Å². The van der Waals surface area contributed by atoms with E-state index in [-0.39, 0.29) is 41.7 Å². The van der Waals surface area contributed by atoms with Crippen molar-refractivity contribution in [2.24, 2.45) is 5.92 Å². The van der Waals surface area contributed by atoms with Crippen molar-refractivity contribution < 1.29 is 33.4 Å². The molecule has 8 rings (SSSR count). The molecule has 4 amide bonds. The molecule has 4 saturated heterocycles. The van der Waals surface area contributed by atoms with Crippen LogP contribution in [0.2, 0.25) is 0 Å². The van der Waals surface area contributed by atoms with Gasteiger partial charge < -0.3 is 28.9 Å². The van der Waals surface area contributed by atoms with Crippen LogP contribution in [0.25, 0.3) is 10.8 Å². The third kappa shape index (κ3) is 5.96. The zero-order chi connectivity index (χ0) is 34.6. The summed E-state index contributed by atoms with van der Waals surface area (Å²) in [6.07, 6.45) is 2.38. The fourth-order valence-corrected chi connectivity index (χ4v) is 8.32. The van der Waals surface area contributed by atoms with Crippen LogP contribution in [-0.4, -0.2) is 121 Å². The van der Waals surface area contributed by atoms with Gasteiger partial charge in [-0.2, -0.15) is 0 Å². The minimum atomic E-state index is -0.651. The van der Waals surface area contributed by atoms with E-state index in [0.717, 1.165) is 47.4 Å². The molecule has 1 N–H and O–H groups in total. The first-order valence-corrected chi connectivity index (χ1v) is 17.3. The topological polar surface area (TPSA) is 134 Å². The summed E-state index contributed by atoms with van der Waals surface area (Å²) in [6, 6.07) is 13.5. The van der Waals surface area contributed by atoms with E-state index in [1.165, 1.54) is 0 Å². The van der Waals surface area contributed by atoms with Gasteiger partial charge in [0.25, 0.3) is 5.91 Å². The number of amides is 4. The Balaban J connectivity index is 0.918. The van der Waals surface area contributed by atoms with E-state index in [4.69, 9.17) is 19.2 Å². The van der Waals surface area contributed by atoms with Crippen molar-refractivity contribution in [3.63, 3.8) is 0 Å². The van der Waals surface area contributed by atoms with E-state index < -0.39 is 11.9 Å². The minimum absolute atomic E-state index is 0.105. The summed E-state index contributed by atoms with van der Waals surface area (Å²) in [4.78, 5) is 62.5. The quantitative estimate of drug-likeness (QED) is 0.352. The number of hydrogen-bond acceptors (Lipinski definition) is 10. The zero-order valence-corrected chi connectivity index (χ0v) is 28.4. The summed E-state index contributed by atoms with van der Waals surface area (Å²) >= 11 is 0. The first-order valence-electron chi connectivity index (χ1n) is 17.3. The second kappa shape index (κ2) is 12.9. The van der Waals surface area contributed by atoms with Crippen molar-refractivity contribution >= 4 is 40.1 Å². The van der Waals surface area contributed by atoms with Gasteiger partial charge in [0.15, 0.2) is 0 Å². The van der Waals surface area contributed by atoms with Crippen molar-refractivity contribution in [3.8, 4) is 5.75 Å². The fraction of sp³-hybridized carbons (Fsp3) is 0.486. The molecule has 0 bridgehead atoms. The Hall–Kier alpha value is -4.59. The number of nitrogens with zero attached hydrogens (tertiary/aromatic N) is 5. The highest BCUT2D eigenvalue weighted by atomic mass is 16.5. The average Bonchev–Trinajstić information content (AvgIpc) is 3.61. The normalized spacial score (nSPS) is 24.9. The summed E-state index contributed by atoms with van der Waals surface area (Å²) in [5.41, 5.74) is 3.24. The second-order valence-corrected chi connectivity index (χ2v) is 14.3. The Bertz CT molecular complexity index is 1860. The van der Waals surface area contributed by atoms with Crippen LogP contribution in [0.1, 0.15) is 41.4 Å². The highest BCUT2D eigenvalue weighted by Crippen LogP contribution is 2.35. The number of piperazine rings is 1. The Morgan fingerprint density at radius 2 is 1.92 bits per heavy atom. The number of aromatic nitrogens is 1. The van der Waals surface area contributed by atoms with Crippen LogP contribution in [0.5, 0.6) is 5.75 Å². The maximum Gasteiger partial charge on any atom is 0.255 e. The summed E-state index contributed by atoms with van der Waals surface area (Å²) in [7, 11) is 1.70. The number of carbonyl (C=O) groups excluding carboxylic acids is 4. The van der Waals surface area contributed by atoms with Crippen molar-refractivity contribution in [3.05, 3.63) is 65.5 Å². The lowest BCUT2D eigenvalue weighted by Crippen LogP contribution is -2.72. The molecule has 0 aliphatic carbocycles. The fourth-order valence-electron chi connectivity index (χ4n) is 8.32. The number of nitrogens with one attached hydrogen (secondary N) is 1. The molecule has 13 nitrogen and oxygen atoms in total. The highest BCUT2D eigenvalue weighted by Gasteiger charge is 2.49. The molecule has 3 aromatic rings. The van der Waals surface area contributed by atoms with E-state index in [1.807, 2.05) is 23.2 Å². The lowest BCUT2D eigenvalue weighted by atomic mass is 9.91. The van der Waals surface area contributed by atoms with Crippen LogP contribution in [0.3, 0.4) is 0 Å². The standard InChI is InChI=1S/C37H42N6O7/c1-23(44)43-10-9-41(20-37(43)21-49-22-37)29-4-3-24-11-28(38-14-25(24)12-29)17-40-15-27(19-48-2)33(18-40)50-30-5-6-31-26(13-30)16-42(36(31)47)32-7-8-34(45)39-35(32)46/h3-6,11-14,27,32-33H,7-10,15-22H2,1-2H3,(H,39,45,46)/t27-,32-,33+/m0/s1. The third-order valence-electron chi connectivity index (χ3n) is 10.9. The second-order valence-electron chi connectivity index (χ2n) is 14.3. The zero-order valence-electron chi connectivity index (χ0n) is 28.4. The van der Waals surface area contributed by atoms with Gasteiger partial charge in [-0.1, -0.05) is 6.07 Å². The maximum absolute atomic E-state index is 13.1. The highest BCUT2D eigenvalue weighted by molar-refractivity contribution is 6.05. The Morgan fingerprint density at radius 3 is 2.68 bits per heavy atom. The van der Waals surface area contributed by atoms with Crippen molar-refractivity contribution in [2.45, 2.75) is 50.5 Å². The number of piperidine rings is 1. The number of carbonyl (C=O) groups is 4. The van der Waals surface area contributed by atoms with Crippen LogP contribution in [0.15, 0.2) is 48.7 Å². The lowest BCUT2D eigenvalue weighted by Gasteiger charge is -2.55. The number of likely N-dealkylation sites (tertiary alicyclic amines) is 1. The number of fused-ring (bicyclic) bond motifs is 2. The van der Waals surface area contributed by atoms with E-state index in [2.05, 4.69) is 39.4 Å². The number of anilines is 1. The molecular formula is C37H42N6O7. The molecule has 0 radical (unpaired) electrons. The Morgan fingerprint density at radius 1 is 1.06 bits per heavy atom. The van der Waals surface area contributed by atoms with Crippen LogP contribution in [0.4, 0.5) is 5.69 Å². The molecular weight excluding hydrogens is 640 g/mol. The van der Waals surface area contributed by atoms with Gasteiger partial charge in [-0.25, -0.2) is 0 Å². The van der Waals surface area contributed by atoms with Crippen molar-refractivity contribution in [2.75, 3.05) is 64.6 Å². The third-order valence-corrected chi connectivity index (χ3v) is 10.9. The minimum Gasteiger partial charge on any atom is -0.489 e. The van der Waals surface area contributed by atoms with Crippen LogP contribution < -0.4 is 15.0 Å². The molecule has 1 aromatic heterocycles. The van der Waals surface area contributed by atoms with Crippen LogP contribution >= 0.6 is 0 Å². The smallest absolute Gasteiger partial charge is 0.255 e. The molecule has 6 heterocycles. The Labute approximate surface area is 290 Å². The van der Waals surface area contributed by atoms with Crippen molar-refractivity contribution in [1.82, 2.24) is 25.0 Å². The number of benzene rings is 2. The van der Waals surface area contributed by atoms with Crippen LogP contribution in [-0.2, 0) is 36.9 Å². The number of pyridine rings is 1. The maximum atomic E-state index is 13.1. The van der Waals surface area contributed by atoms with E-state index in [9.17, 15) is 19.2 Å². The van der Waals surface area contributed by atoms with Gasteiger partial charge in [0, 0.05) is 95.0 Å². The lowest BCUT2D eigenvalue weighted by molar-refractivity contribution is -0.167. The number of hydrogen-bond donors (Lipinski definition) is 1. The summed E-state index contributed by atoms with van der Waals surface area (Å²) in [5.74, 6) is 0.000917. The summed E-state index contributed by atoms with van der Waals surface area (Å²) < 4.78 is 17.7.